The van der Waals surface area contributed by atoms with E-state index in [0.717, 1.165) is 56.2 Å². The smallest absolute Gasteiger partial charge is 0.318 e. The van der Waals surface area contributed by atoms with Crippen molar-refractivity contribution in [2.75, 3.05) is 19.7 Å². The number of amides is 3. The molecule has 3 saturated heterocycles. The fraction of sp³-hybridized carbons (Fsp3) is 0.667. The van der Waals surface area contributed by atoms with Gasteiger partial charge in [-0.1, -0.05) is 6.07 Å². The fourth-order valence-electron chi connectivity index (χ4n) is 5.48. The summed E-state index contributed by atoms with van der Waals surface area (Å²) in [6, 6.07) is 3.43. The number of urea groups is 1. The maximum atomic E-state index is 14.3. The SMILES string of the molecule is Cc1cc(F)c(CNC(=O)N(C2CC2)C2CCCN(C(=O)C34COC(C3)C4)C2)cc1C. The summed E-state index contributed by atoms with van der Waals surface area (Å²) in [5, 5.41) is 2.94. The first-order valence-corrected chi connectivity index (χ1v) is 11.6. The highest BCUT2D eigenvalue weighted by Crippen LogP contribution is 2.51. The molecule has 1 N–H and O–H groups in total. The molecule has 3 aliphatic heterocycles. The van der Waals surface area contributed by atoms with Crippen molar-refractivity contribution in [3.8, 4) is 0 Å². The first kappa shape index (κ1) is 20.7. The number of piperidine rings is 1. The maximum absolute atomic E-state index is 14.3. The molecule has 0 aromatic heterocycles. The number of hydrogen-bond acceptors (Lipinski definition) is 3. The van der Waals surface area contributed by atoms with Crippen molar-refractivity contribution in [3.63, 3.8) is 0 Å². The number of benzene rings is 1. The monoisotopic (exact) mass is 429 g/mol. The second-order valence-electron chi connectivity index (χ2n) is 9.99. The number of rotatable bonds is 5. The zero-order valence-corrected chi connectivity index (χ0v) is 18.5. The van der Waals surface area contributed by atoms with E-state index in [0.29, 0.717) is 18.7 Å². The normalized spacial score (nSPS) is 29.5. The molecule has 1 aromatic carbocycles. The van der Waals surface area contributed by atoms with Crippen LogP contribution in [-0.4, -0.2) is 59.6 Å². The van der Waals surface area contributed by atoms with Gasteiger partial charge in [0.1, 0.15) is 5.82 Å². The lowest BCUT2D eigenvalue weighted by Gasteiger charge is -2.44. The molecule has 6 nitrogen and oxygen atoms in total. The van der Waals surface area contributed by atoms with Crippen LogP contribution in [0.25, 0.3) is 0 Å². The fourth-order valence-corrected chi connectivity index (χ4v) is 5.48. The van der Waals surface area contributed by atoms with Crippen molar-refractivity contribution < 1.29 is 18.7 Å². The third-order valence-corrected chi connectivity index (χ3v) is 7.63. The summed E-state index contributed by atoms with van der Waals surface area (Å²) in [7, 11) is 0. The second-order valence-corrected chi connectivity index (χ2v) is 9.99. The Morgan fingerprint density at radius 3 is 2.61 bits per heavy atom. The van der Waals surface area contributed by atoms with Crippen LogP contribution in [0, 0.1) is 25.1 Å². The van der Waals surface area contributed by atoms with Gasteiger partial charge in [-0.05, 0) is 69.6 Å². The van der Waals surface area contributed by atoms with Crippen molar-refractivity contribution in [1.82, 2.24) is 15.1 Å². The van der Waals surface area contributed by atoms with Crippen molar-refractivity contribution >= 4 is 11.9 Å². The van der Waals surface area contributed by atoms with Gasteiger partial charge >= 0.3 is 6.03 Å². The van der Waals surface area contributed by atoms with Gasteiger partial charge in [-0.15, -0.1) is 0 Å². The number of nitrogens with one attached hydrogen (secondary N) is 1. The lowest BCUT2D eigenvalue weighted by Crippen LogP contribution is -2.58. The lowest BCUT2D eigenvalue weighted by molar-refractivity contribution is -0.146. The van der Waals surface area contributed by atoms with E-state index in [4.69, 9.17) is 4.74 Å². The van der Waals surface area contributed by atoms with E-state index >= 15 is 0 Å². The summed E-state index contributed by atoms with van der Waals surface area (Å²) in [5.41, 5.74) is 2.12. The van der Waals surface area contributed by atoms with Gasteiger partial charge in [0, 0.05) is 31.2 Å². The molecule has 1 unspecified atom stereocenters. The third kappa shape index (κ3) is 3.81. The van der Waals surface area contributed by atoms with Gasteiger partial charge in [-0.3, -0.25) is 4.79 Å². The van der Waals surface area contributed by atoms with Crippen molar-refractivity contribution in [2.45, 2.75) is 77.1 Å². The summed E-state index contributed by atoms with van der Waals surface area (Å²) >= 11 is 0. The summed E-state index contributed by atoms with van der Waals surface area (Å²) in [6.45, 7) is 5.90. The predicted octanol–water partition coefficient (Wildman–Crippen LogP) is 3.29. The largest absolute Gasteiger partial charge is 0.377 e. The number of nitrogens with zero attached hydrogens (tertiary/aromatic N) is 2. The van der Waals surface area contributed by atoms with Gasteiger partial charge in [0.15, 0.2) is 0 Å². The molecule has 3 heterocycles. The highest BCUT2D eigenvalue weighted by molar-refractivity contribution is 5.85. The van der Waals surface area contributed by atoms with Crippen LogP contribution in [0.15, 0.2) is 12.1 Å². The minimum atomic E-state index is -0.306. The minimum Gasteiger partial charge on any atom is -0.377 e. The van der Waals surface area contributed by atoms with Crippen LogP contribution in [0.2, 0.25) is 0 Å². The van der Waals surface area contributed by atoms with Crippen molar-refractivity contribution in [2.24, 2.45) is 5.41 Å². The number of fused-ring (bicyclic) bond motifs is 1. The van der Waals surface area contributed by atoms with Gasteiger partial charge in [-0.25, -0.2) is 9.18 Å². The van der Waals surface area contributed by atoms with Crippen molar-refractivity contribution in [3.05, 3.63) is 34.6 Å². The molecule has 7 heteroatoms. The molecule has 2 aliphatic carbocycles. The van der Waals surface area contributed by atoms with Crippen LogP contribution in [0.5, 0.6) is 0 Å². The molecule has 6 rings (SSSR count). The van der Waals surface area contributed by atoms with E-state index in [1.807, 2.05) is 29.7 Å². The highest BCUT2D eigenvalue weighted by atomic mass is 19.1. The van der Waals surface area contributed by atoms with E-state index in [-0.39, 0.29) is 47.9 Å². The minimum absolute atomic E-state index is 0.0180. The molecule has 1 atom stereocenters. The van der Waals surface area contributed by atoms with E-state index < -0.39 is 0 Å². The number of hydrogen-bond donors (Lipinski definition) is 1. The third-order valence-electron chi connectivity index (χ3n) is 7.63. The van der Waals surface area contributed by atoms with E-state index in [2.05, 4.69) is 5.32 Å². The first-order valence-electron chi connectivity index (χ1n) is 11.6. The molecule has 0 radical (unpaired) electrons. The molecule has 168 valence electrons. The topological polar surface area (TPSA) is 61.9 Å². The number of carbonyl (C=O) groups excluding carboxylic acids is 2. The summed E-state index contributed by atoms with van der Waals surface area (Å²) in [5.74, 6) is -0.0769. The molecule has 5 fully saturated rings. The van der Waals surface area contributed by atoms with Crippen molar-refractivity contribution in [1.29, 1.82) is 0 Å². The van der Waals surface area contributed by atoms with Crippen LogP contribution in [0.1, 0.15) is 55.2 Å². The van der Waals surface area contributed by atoms with Crippen LogP contribution >= 0.6 is 0 Å². The quantitative estimate of drug-likeness (QED) is 0.781. The number of aryl methyl sites for hydroxylation is 2. The Kier molecular flexibility index (Phi) is 5.19. The average Bonchev–Trinajstić information content (AvgIpc) is 3.32. The number of carbonyl (C=O) groups is 2. The van der Waals surface area contributed by atoms with Gasteiger partial charge in [-0.2, -0.15) is 0 Å². The molecule has 5 aliphatic rings. The Balaban J connectivity index is 1.24. The van der Waals surface area contributed by atoms with E-state index in [1.54, 1.807) is 0 Å². The highest BCUT2D eigenvalue weighted by Gasteiger charge is 2.58. The molecule has 1 aromatic rings. The first-order chi connectivity index (χ1) is 14.9. The Hall–Kier alpha value is -2.15. The Morgan fingerprint density at radius 1 is 1.19 bits per heavy atom. The Bertz CT molecular complexity index is 889. The van der Waals surface area contributed by atoms with Crippen LogP contribution < -0.4 is 5.32 Å². The number of ether oxygens (including phenoxy) is 1. The molecule has 2 saturated carbocycles. The van der Waals surface area contributed by atoms with Crippen LogP contribution in [0.4, 0.5) is 9.18 Å². The zero-order valence-electron chi connectivity index (χ0n) is 18.5. The molecular formula is C24H32FN3O3. The molecule has 31 heavy (non-hydrogen) atoms. The number of likely N-dealkylation sites (tertiary alicyclic amines) is 1. The van der Waals surface area contributed by atoms with E-state index in [1.165, 1.54) is 6.07 Å². The lowest BCUT2D eigenvalue weighted by atomic mass is 9.69. The summed E-state index contributed by atoms with van der Waals surface area (Å²) in [6.07, 6.45) is 5.76. The summed E-state index contributed by atoms with van der Waals surface area (Å²) in [4.78, 5) is 30.2. The van der Waals surface area contributed by atoms with Gasteiger partial charge in [0.25, 0.3) is 0 Å². The van der Waals surface area contributed by atoms with Crippen LogP contribution in [-0.2, 0) is 16.1 Å². The molecule has 3 amide bonds. The zero-order chi connectivity index (χ0) is 21.8. The Morgan fingerprint density at radius 2 is 1.94 bits per heavy atom. The van der Waals surface area contributed by atoms with Gasteiger partial charge in [0.2, 0.25) is 5.91 Å². The van der Waals surface area contributed by atoms with Gasteiger partial charge in [0.05, 0.1) is 24.2 Å². The number of halogens is 1. The van der Waals surface area contributed by atoms with Crippen LogP contribution in [0.3, 0.4) is 0 Å². The molecular weight excluding hydrogens is 397 g/mol. The standard InChI is InChI=1S/C24H32FN3O3/c1-15-8-17(21(25)9-16(15)2)12-26-23(30)28(18-5-6-18)19-4-3-7-27(13-19)22(29)24-10-20(11-24)31-14-24/h8-9,18-20H,3-7,10-14H2,1-2H3,(H,26,30). The summed E-state index contributed by atoms with van der Waals surface area (Å²) < 4.78 is 20.0. The predicted molar refractivity (Wildman–Crippen MR) is 114 cm³/mol. The second kappa shape index (κ2) is 7.76. The van der Waals surface area contributed by atoms with Gasteiger partial charge < -0.3 is 19.9 Å². The Labute approximate surface area is 183 Å². The van der Waals surface area contributed by atoms with E-state index in [9.17, 15) is 14.0 Å². The maximum Gasteiger partial charge on any atom is 0.318 e. The molecule has 2 bridgehead atoms. The molecule has 0 spiro atoms. The average molecular weight is 430 g/mol.